The summed E-state index contributed by atoms with van der Waals surface area (Å²) in [6, 6.07) is 0. The number of carboxylic acids is 1. The average Bonchev–Trinajstić information content (AvgIpc) is 2.11. The highest BCUT2D eigenvalue weighted by Gasteiger charge is 2.26. The van der Waals surface area contributed by atoms with Crippen molar-refractivity contribution in [3.63, 3.8) is 0 Å². The van der Waals surface area contributed by atoms with E-state index in [1.165, 1.54) is 6.92 Å². The topological polar surface area (TPSA) is 108 Å². The molecule has 0 aromatic carbocycles. The number of aliphatic carboxylic acids is 1. The van der Waals surface area contributed by atoms with Gasteiger partial charge in [-0.1, -0.05) is 5.16 Å². The predicted molar refractivity (Wildman–Crippen MR) is 52.4 cm³/mol. The lowest BCUT2D eigenvalue weighted by Crippen LogP contribution is -2.45. The maximum atomic E-state index is 10.6. The Balaban J connectivity index is 3.70. The Kier molecular flexibility index (Phi) is 4.93. The van der Waals surface area contributed by atoms with E-state index in [-0.39, 0.29) is 0 Å². The number of hydrogen-bond donors (Lipinski definition) is 4. The fourth-order valence-electron chi connectivity index (χ4n) is 0.867. The van der Waals surface area contributed by atoms with E-state index in [0.29, 0.717) is 25.2 Å². The SMILES string of the molecule is C/C(=N\O)NCCCC(C)(N)C(=O)O. The molecule has 0 radical (unpaired) electrons. The lowest BCUT2D eigenvalue weighted by molar-refractivity contribution is -0.142. The van der Waals surface area contributed by atoms with Crippen LogP contribution in [-0.2, 0) is 4.79 Å². The van der Waals surface area contributed by atoms with Gasteiger partial charge < -0.3 is 21.4 Å². The summed E-state index contributed by atoms with van der Waals surface area (Å²) < 4.78 is 0. The largest absolute Gasteiger partial charge is 0.480 e. The maximum absolute atomic E-state index is 10.6. The fourth-order valence-corrected chi connectivity index (χ4v) is 0.867. The molecule has 5 N–H and O–H groups in total. The number of oxime groups is 1. The smallest absolute Gasteiger partial charge is 0.323 e. The molecule has 0 bridgehead atoms. The molecule has 14 heavy (non-hydrogen) atoms. The first-order valence-corrected chi connectivity index (χ1v) is 4.35. The molecule has 0 saturated carbocycles. The first kappa shape index (κ1) is 12.7. The Morgan fingerprint density at radius 2 is 2.21 bits per heavy atom. The molecule has 0 spiro atoms. The number of nitrogens with zero attached hydrogens (tertiary/aromatic N) is 1. The second-order valence-electron chi connectivity index (χ2n) is 3.44. The standard InChI is InChI=1S/C8H17N3O3/c1-6(11-14)10-5-3-4-8(2,9)7(12)13/h14H,3-5,9H2,1-2H3,(H,10,11)(H,12,13). The highest BCUT2D eigenvalue weighted by molar-refractivity contribution is 5.79. The van der Waals surface area contributed by atoms with Crippen molar-refractivity contribution in [1.82, 2.24) is 5.32 Å². The second kappa shape index (κ2) is 5.43. The summed E-state index contributed by atoms with van der Waals surface area (Å²) in [7, 11) is 0. The zero-order valence-corrected chi connectivity index (χ0v) is 8.45. The van der Waals surface area contributed by atoms with Gasteiger partial charge in [0.05, 0.1) is 0 Å². The van der Waals surface area contributed by atoms with E-state index >= 15 is 0 Å². The first-order chi connectivity index (χ1) is 6.40. The van der Waals surface area contributed by atoms with E-state index in [2.05, 4.69) is 10.5 Å². The highest BCUT2D eigenvalue weighted by Crippen LogP contribution is 2.07. The van der Waals surface area contributed by atoms with Crippen LogP contribution in [-0.4, -0.2) is 34.2 Å². The molecule has 0 amide bonds. The molecule has 0 aromatic heterocycles. The molecule has 1 unspecified atom stereocenters. The quantitative estimate of drug-likeness (QED) is 0.165. The van der Waals surface area contributed by atoms with Gasteiger partial charge in [-0.05, 0) is 26.7 Å². The summed E-state index contributed by atoms with van der Waals surface area (Å²) in [5, 5.41) is 22.7. The third-order valence-corrected chi connectivity index (χ3v) is 1.89. The molecule has 1 atom stereocenters. The van der Waals surface area contributed by atoms with Crippen LogP contribution >= 0.6 is 0 Å². The van der Waals surface area contributed by atoms with Gasteiger partial charge in [0.1, 0.15) is 11.4 Å². The second-order valence-corrected chi connectivity index (χ2v) is 3.44. The van der Waals surface area contributed by atoms with Gasteiger partial charge in [0.2, 0.25) is 0 Å². The van der Waals surface area contributed by atoms with Crippen molar-refractivity contribution in [3.05, 3.63) is 0 Å². The van der Waals surface area contributed by atoms with Gasteiger partial charge in [0.25, 0.3) is 0 Å². The lowest BCUT2D eigenvalue weighted by atomic mass is 9.98. The van der Waals surface area contributed by atoms with E-state index in [9.17, 15) is 4.79 Å². The molecule has 0 saturated heterocycles. The summed E-state index contributed by atoms with van der Waals surface area (Å²) in [6.07, 6.45) is 0.972. The minimum atomic E-state index is -1.19. The Morgan fingerprint density at radius 1 is 1.64 bits per heavy atom. The van der Waals surface area contributed by atoms with Gasteiger partial charge >= 0.3 is 5.97 Å². The molecule has 0 heterocycles. The summed E-state index contributed by atoms with van der Waals surface area (Å²) >= 11 is 0. The molecule has 82 valence electrons. The average molecular weight is 203 g/mol. The number of nitrogens with two attached hydrogens (primary N) is 1. The van der Waals surface area contributed by atoms with Crippen molar-refractivity contribution in [3.8, 4) is 0 Å². The summed E-state index contributed by atoms with van der Waals surface area (Å²) in [4.78, 5) is 10.6. The monoisotopic (exact) mass is 203 g/mol. The van der Waals surface area contributed by atoms with Crippen molar-refractivity contribution in [2.45, 2.75) is 32.2 Å². The minimum absolute atomic E-state index is 0.369. The Labute approximate surface area is 82.8 Å². The Morgan fingerprint density at radius 3 is 2.64 bits per heavy atom. The van der Waals surface area contributed by atoms with E-state index in [0.717, 1.165) is 0 Å². The van der Waals surface area contributed by atoms with Crippen LogP contribution in [0.5, 0.6) is 0 Å². The zero-order chi connectivity index (χ0) is 11.2. The maximum Gasteiger partial charge on any atom is 0.323 e. The molecule has 0 rings (SSSR count). The van der Waals surface area contributed by atoms with Crippen LogP contribution in [0, 0.1) is 0 Å². The third kappa shape index (κ3) is 4.66. The van der Waals surface area contributed by atoms with E-state index < -0.39 is 11.5 Å². The molecule has 0 aromatic rings. The van der Waals surface area contributed by atoms with Crippen molar-refractivity contribution in [2.24, 2.45) is 10.9 Å². The van der Waals surface area contributed by atoms with Crippen molar-refractivity contribution >= 4 is 11.8 Å². The van der Waals surface area contributed by atoms with Gasteiger partial charge in [-0.25, -0.2) is 0 Å². The van der Waals surface area contributed by atoms with Crippen LogP contribution < -0.4 is 11.1 Å². The highest BCUT2D eigenvalue weighted by atomic mass is 16.4. The van der Waals surface area contributed by atoms with E-state index in [4.69, 9.17) is 16.0 Å². The van der Waals surface area contributed by atoms with Crippen LogP contribution in [0.2, 0.25) is 0 Å². The molecule has 0 aliphatic carbocycles. The zero-order valence-electron chi connectivity index (χ0n) is 8.45. The van der Waals surface area contributed by atoms with Crippen LogP contribution in [0.1, 0.15) is 26.7 Å². The molecule has 6 nitrogen and oxygen atoms in total. The normalized spacial score (nSPS) is 16.1. The van der Waals surface area contributed by atoms with Crippen molar-refractivity contribution < 1.29 is 15.1 Å². The summed E-state index contributed by atoms with van der Waals surface area (Å²) in [5.41, 5.74) is 4.31. The van der Waals surface area contributed by atoms with Gasteiger partial charge in [-0.2, -0.15) is 0 Å². The Hall–Kier alpha value is -1.30. The third-order valence-electron chi connectivity index (χ3n) is 1.89. The molecule has 0 aliphatic rings. The van der Waals surface area contributed by atoms with Gasteiger partial charge in [-0.3, -0.25) is 4.79 Å². The number of rotatable bonds is 5. The van der Waals surface area contributed by atoms with Crippen LogP contribution in [0.15, 0.2) is 5.16 Å². The molecule has 0 aliphatic heterocycles. The number of carbonyl (C=O) groups is 1. The van der Waals surface area contributed by atoms with Crippen molar-refractivity contribution in [2.75, 3.05) is 6.54 Å². The molecule has 6 heteroatoms. The van der Waals surface area contributed by atoms with E-state index in [1.807, 2.05) is 0 Å². The lowest BCUT2D eigenvalue weighted by Gasteiger charge is -2.18. The molecule has 0 fully saturated rings. The minimum Gasteiger partial charge on any atom is -0.480 e. The van der Waals surface area contributed by atoms with E-state index in [1.54, 1.807) is 6.92 Å². The van der Waals surface area contributed by atoms with Gasteiger partial charge in [0, 0.05) is 6.54 Å². The summed E-state index contributed by atoms with van der Waals surface area (Å²) in [5.74, 6) is -0.607. The van der Waals surface area contributed by atoms with Crippen LogP contribution in [0.3, 0.4) is 0 Å². The number of amidine groups is 1. The van der Waals surface area contributed by atoms with Gasteiger partial charge in [0.15, 0.2) is 0 Å². The Bertz CT molecular complexity index is 226. The molecular weight excluding hydrogens is 186 g/mol. The number of carboxylic acid groups (broad SMARTS) is 1. The number of hydrogen-bond acceptors (Lipinski definition) is 4. The molecular formula is C8H17N3O3. The van der Waals surface area contributed by atoms with Crippen LogP contribution in [0.25, 0.3) is 0 Å². The summed E-state index contributed by atoms with van der Waals surface area (Å²) in [6.45, 7) is 3.62. The number of nitrogens with one attached hydrogen (secondary N) is 1. The van der Waals surface area contributed by atoms with Gasteiger partial charge in [-0.15, -0.1) is 0 Å². The predicted octanol–water partition coefficient (Wildman–Crippen LogP) is -0.0342. The van der Waals surface area contributed by atoms with Crippen molar-refractivity contribution in [1.29, 1.82) is 0 Å². The van der Waals surface area contributed by atoms with Crippen LogP contribution in [0.4, 0.5) is 0 Å². The fraction of sp³-hybridized carbons (Fsp3) is 0.750. The first-order valence-electron chi connectivity index (χ1n) is 4.35.